The van der Waals surface area contributed by atoms with Crippen molar-refractivity contribution >= 4 is 6.41 Å². The van der Waals surface area contributed by atoms with E-state index in [1.807, 2.05) is 7.05 Å². The molecule has 0 radical (unpaired) electrons. The minimum Gasteiger partial charge on any atom is -0.400 e. The molecule has 56 valence electrons. The van der Waals surface area contributed by atoms with Crippen LogP contribution in [0, 0.1) is 0 Å². The maximum atomic E-state index is 9.97. The second-order valence-electron chi connectivity index (χ2n) is 1.63. The molecule has 0 aromatic carbocycles. The van der Waals surface area contributed by atoms with Crippen LogP contribution in [0.4, 0.5) is 0 Å². The van der Waals surface area contributed by atoms with Crippen molar-refractivity contribution in [1.82, 2.24) is 4.57 Å². The van der Waals surface area contributed by atoms with E-state index in [1.165, 1.54) is 4.57 Å². The van der Waals surface area contributed by atoms with E-state index in [9.17, 15) is 4.79 Å². The molecule has 10 heavy (non-hydrogen) atoms. The van der Waals surface area contributed by atoms with Gasteiger partial charge in [-0.05, 0) is 0 Å². The van der Waals surface area contributed by atoms with Crippen molar-refractivity contribution in [2.75, 3.05) is 7.11 Å². The lowest BCUT2D eigenvalue weighted by Gasteiger charge is -1.71. The summed E-state index contributed by atoms with van der Waals surface area (Å²) >= 11 is 0. The highest BCUT2D eigenvalue weighted by Crippen LogP contribution is 1.72. The van der Waals surface area contributed by atoms with Crippen molar-refractivity contribution in [2.45, 2.75) is 0 Å². The summed E-state index contributed by atoms with van der Waals surface area (Å²) in [5.41, 5.74) is 0. The zero-order chi connectivity index (χ0) is 7.98. The number of aliphatic hydroxyl groups excluding tert-OH is 1. The zero-order valence-corrected chi connectivity index (χ0v) is 6.06. The predicted molar refractivity (Wildman–Crippen MR) is 35.9 cm³/mol. The lowest BCUT2D eigenvalue weighted by atomic mass is 10.9. The maximum absolute atomic E-state index is 9.97. The molecule has 0 saturated carbocycles. The van der Waals surface area contributed by atoms with Gasteiger partial charge in [0.15, 0.2) is 0 Å². The van der Waals surface area contributed by atoms with Gasteiger partial charge in [0.05, 0.1) is 7.05 Å². The lowest BCUT2D eigenvalue weighted by molar-refractivity contribution is -0.670. The summed E-state index contributed by atoms with van der Waals surface area (Å²) in [5.74, 6) is 0. The van der Waals surface area contributed by atoms with Gasteiger partial charge in [-0.2, -0.15) is 4.57 Å². The first-order valence-electron chi connectivity index (χ1n) is 2.75. The normalized spacial score (nSPS) is 7.90. The molecule has 1 N–H and O–H groups in total. The predicted octanol–water partition coefficient (Wildman–Crippen LogP) is -1.04. The Kier molecular flexibility index (Phi) is 4.15. The number of carbonyl (C=O) groups excluding carboxylic acids is 1. The number of imidazole rings is 1. The van der Waals surface area contributed by atoms with E-state index in [2.05, 4.69) is 0 Å². The molecule has 1 aromatic rings. The van der Waals surface area contributed by atoms with Crippen LogP contribution >= 0.6 is 0 Å². The molecule has 0 aliphatic rings. The molecule has 0 atom stereocenters. The monoisotopic (exact) mass is 143 g/mol. The fourth-order valence-corrected chi connectivity index (χ4v) is 0.532. The topological polar surface area (TPSA) is 46.1 Å². The van der Waals surface area contributed by atoms with Gasteiger partial charge in [0.2, 0.25) is 0 Å². The van der Waals surface area contributed by atoms with Crippen LogP contribution in [0.25, 0.3) is 0 Å². The van der Waals surface area contributed by atoms with Crippen LogP contribution in [0.1, 0.15) is 0 Å². The molecule has 0 amide bonds. The number of hydrogen-bond donors (Lipinski definition) is 1. The van der Waals surface area contributed by atoms with Gasteiger partial charge < -0.3 is 5.11 Å². The number of carbonyl (C=O) groups is 1. The van der Waals surface area contributed by atoms with E-state index in [0.29, 0.717) is 0 Å². The largest absolute Gasteiger partial charge is 0.400 e. The highest BCUT2D eigenvalue weighted by atomic mass is 16.2. The van der Waals surface area contributed by atoms with E-state index in [4.69, 9.17) is 5.11 Å². The first-order chi connectivity index (χ1) is 4.83. The van der Waals surface area contributed by atoms with Crippen molar-refractivity contribution < 1.29 is 14.5 Å². The molecule has 0 saturated heterocycles. The van der Waals surface area contributed by atoms with Gasteiger partial charge in [-0.3, -0.25) is 4.79 Å². The van der Waals surface area contributed by atoms with Gasteiger partial charge in [0.1, 0.15) is 12.4 Å². The summed E-state index contributed by atoms with van der Waals surface area (Å²) in [6.07, 6.45) is 5.92. The molecule has 0 bridgehead atoms. The number of aliphatic hydroxyl groups is 1. The van der Waals surface area contributed by atoms with Crippen molar-refractivity contribution in [2.24, 2.45) is 7.05 Å². The number of rotatable bonds is 1. The Bertz CT molecular complexity index is 195. The molecule has 0 spiro atoms. The summed E-state index contributed by atoms with van der Waals surface area (Å²) in [6, 6.07) is 0. The van der Waals surface area contributed by atoms with Gasteiger partial charge in [-0.15, -0.1) is 0 Å². The standard InChI is InChI=1S/C5H7N2O.CH4O/c1-6-2-3-7(4-6)5-8;1-2/h2-5H,1H3;2H,1H3/q+1;. The quantitative estimate of drug-likeness (QED) is 0.403. The Morgan fingerprint density at radius 1 is 1.60 bits per heavy atom. The Hall–Kier alpha value is -1.16. The highest BCUT2D eigenvalue weighted by molar-refractivity contribution is 5.50. The molecule has 1 aromatic heterocycles. The summed E-state index contributed by atoms with van der Waals surface area (Å²) < 4.78 is 3.24. The number of hydrogen-bond acceptors (Lipinski definition) is 2. The van der Waals surface area contributed by atoms with Crippen LogP contribution in [0.3, 0.4) is 0 Å². The number of aromatic nitrogens is 2. The molecular weight excluding hydrogens is 132 g/mol. The van der Waals surface area contributed by atoms with Gasteiger partial charge in [-0.1, -0.05) is 0 Å². The molecule has 0 unspecified atom stereocenters. The summed E-state index contributed by atoms with van der Waals surface area (Å²) in [7, 11) is 2.86. The van der Waals surface area contributed by atoms with Crippen LogP contribution in [0.5, 0.6) is 0 Å². The molecular formula is C6H11N2O2+. The highest BCUT2D eigenvalue weighted by Gasteiger charge is 1.93. The Morgan fingerprint density at radius 3 is 2.40 bits per heavy atom. The zero-order valence-electron chi connectivity index (χ0n) is 6.06. The fraction of sp³-hybridized carbons (Fsp3) is 0.333. The Labute approximate surface area is 59.3 Å². The smallest absolute Gasteiger partial charge is 0.301 e. The van der Waals surface area contributed by atoms with Gasteiger partial charge in [0.25, 0.3) is 6.33 Å². The SMILES string of the molecule is CO.C[n+]1ccn(C=O)c1. The lowest BCUT2D eigenvalue weighted by Crippen LogP contribution is -2.23. The third-order valence-electron chi connectivity index (χ3n) is 0.911. The number of aryl methyl sites for hydroxylation is 1. The first-order valence-corrected chi connectivity index (χ1v) is 2.75. The molecule has 4 heteroatoms. The number of nitrogens with zero attached hydrogens (tertiary/aromatic N) is 2. The Balaban J connectivity index is 0.000000371. The third kappa shape index (κ3) is 2.41. The average molecular weight is 143 g/mol. The first kappa shape index (κ1) is 8.84. The van der Waals surface area contributed by atoms with Gasteiger partial charge in [0, 0.05) is 7.11 Å². The fourth-order valence-electron chi connectivity index (χ4n) is 0.532. The van der Waals surface area contributed by atoms with E-state index in [0.717, 1.165) is 13.5 Å². The minimum atomic E-state index is 0.750. The van der Waals surface area contributed by atoms with Gasteiger partial charge >= 0.3 is 6.41 Å². The molecule has 0 aliphatic carbocycles. The van der Waals surface area contributed by atoms with Crippen LogP contribution in [-0.4, -0.2) is 23.2 Å². The van der Waals surface area contributed by atoms with Crippen molar-refractivity contribution in [3.8, 4) is 0 Å². The maximum Gasteiger partial charge on any atom is 0.301 e. The third-order valence-corrected chi connectivity index (χ3v) is 0.911. The molecule has 4 nitrogen and oxygen atoms in total. The minimum absolute atomic E-state index is 0.750. The van der Waals surface area contributed by atoms with Crippen molar-refractivity contribution in [3.63, 3.8) is 0 Å². The van der Waals surface area contributed by atoms with E-state index >= 15 is 0 Å². The van der Waals surface area contributed by atoms with Gasteiger partial charge in [-0.25, -0.2) is 4.57 Å². The van der Waals surface area contributed by atoms with E-state index in [-0.39, 0.29) is 0 Å². The van der Waals surface area contributed by atoms with Crippen molar-refractivity contribution in [3.05, 3.63) is 18.7 Å². The molecule has 0 aliphatic heterocycles. The van der Waals surface area contributed by atoms with E-state index in [1.54, 1.807) is 23.3 Å². The molecule has 1 rings (SSSR count). The summed E-state index contributed by atoms with van der Waals surface area (Å²) in [6.45, 7) is 0. The van der Waals surface area contributed by atoms with E-state index < -0.39 is 0 Å². The second-order valence-corrected chi connectivity index (χ2v) is 1.63. The van der Waals surface area contributed by atoms with Crippen LogP contribution < -0.4 is 4.57 Å². The Morgan fingerprint density at radius 2 is 2.20 bits per heavy atom. The van der Waals surface area contributed by atoms with Crippen LogP contribution in [-0.2, 0) is 11.8 Å². The van der Waals surface area contributed by atoms with Crippen LogP contribution in [0.15, 0.2) is 18.7 Å². The summed E-state index contributed by atoms with van der Waals surface area (Å²) in [4.78, 5) is 9.97. The van der Waals surface area contributed by atoms with Crippen molar-refractivity contribution in [1.29, 1.82) is 0 Å². The average Bonchev–Trinajstić information content (AvgIpc) is 2.40. The molecule has 1 heterocycles. The molecule has 0 fully saturated rings. The summed E-state index contributed by atoms with van der Waals surface area (Å²) in [5, 5.41) is 7.00. The second kappa shape index (κ2) is 4.69. The van der Waals surface area contributed by atoms with Crippen LogP contribution in [0.2, 0.25) is 0 Å².